The van der Waals surface area contributed by atoms with Crippen LogP contribution in [-0.4, -0.2) is 5.91 Å². The lowest BCUT2D eigenvalue weighted by Crippen LogP contribution is -2.52. The summed E-state index contributed by atoms with van der Waals surface area (Å²) in [7, 11) is 0. The second kappa shape index (κ2) is 5.49. The van der Waals surface area contributed by atoms with E-state index in [2.05, 4.69) is 13.8 Å². The van der Waals surface area contributed by atoms with Gasteiger partial charge in [-0.15, -0.1) is 0 Å². The number of hydrogen-bond acceptors (Lipinski definition) is 1. The molecule has 1 amide bonds. The van der Waals surface area contributed by atoms with Gasteiger partial charge in [0, 0.05) is 6.42 Å². The smallest absolute Gasteiger partial charge is 0.217 e. The zero-order valence-electron chi connectivity index (χ0n) is 15.2. The topological polar surface area (TPSA) is 43.1 Å². The Kier molecular flexibility index (Phi) is 3.81. The Bertz CT molecular complexity index is 488. The van der Waals surface area contributed by atoms with Crippen LogP contribution < -0.4 is 5.73 Å². The van der Waals surface area contributed by atoms with Gasteiger partial charge in [-0.25, -0.2) is 0 Å². The minimum atomic E-state index is -0.0815. The van der Waals surface area contributed by atoms with Gasteiger partial charge in [0.25, 0.3) is 0 Å². The lowest BCUT2D eigenvalue weighted by Gasteiger charge is -2.60. The van der Waals surface area contributed by atoms with Crippen LogP contribution in [0.25, 0.3) is 0 Å². The quantitative estimate of drug-likeness (QED) is 0.772. The molecule has 4 aliphatic rings. The summed E-state index contributed by atoms with van der Waals surface area (Å²) in [5.74, 6) is 4.25. The molecule has 0 aromatic rings. The summed E-state index contributed by atoms with van der Waals surface area (Å²) in [6.07, 6.45) is 14.8. The van der Waals surface area contributed by atoms with Gasteiger partial charge < -0.3 is 5.73 Å². The van der Waals surface area contributed by atoms with Gasteiger partial charge in [-0.3, -0.25) is 4.79 Å². The third kappa shape index (κ3) is 2.30. The fraction of sp³-hybridized carbons (Fsp3) is 0.952. The number of nitrogens with two attached hydrogens (primary N) is 1. The van der Waals surface area contributed by atoms with Crippen molar-refractivity contribution in [3.05, 3.63) is 0 Å². The molecule has 0 heterocycles. The third-order valence-corrected chi connectivity index (χ3v) is 9.23. The number of rotatable bonds is 2. The second-order valence-corrected chi connectivity index (χ2v) is 9.89. The summed E-state index contributed by atoms with van der Waals surface area (Å²) in [4.78, 5) is 11.5. The highest BCUT2D eigenvalue weighted by molar-refractivity contribution is 5.74. The number of amides is 1. The van der Waals surface area contributed by atoms with E-state index in [1.807, 2.05) is 0 Å². The fourth-order valence-corrected chi connectivity index (χ4v) is 7.98. The highest BCUT2D eigenvalue weighted by Gasteiger charge is 2.59. The molecule has 4 fully saturated rings. The van der Waals surface area contributed by atoms with Gasteiger partial charge in [-0.05, 0) is 91.8 Å². The van der Waals surface area contributed by atoms with E-state index in [9.17, 15) is 4.79 Å². The Labute approximate surface area is 142 Å². The third-order valence-electron chi connectivity index (χ3n) is 9.23. The van der Waals surface area contributed by atoms with Gasteiger partial charge in [0.2, 0.25) is 5.91 Å². The van der Waals surface area contributed by atoms with E-state index in [1.165, 1.54) is 64.2 Å². The maximum Gasteiger partial charge on any atom is 0.217 e. The first-order chi connectivity index (χ1) is 10.9. The van der Waals surface area contributed by atoms with Crippen LogP contribution in [0.2, 0.25) is 0 Å². The molecule has 23 heavy (non-hydrogen) atoms. The van der Waals surface area contributed by atoms with E-state index in [-0.39, 0.29) is 5.91 Å². The molecular formula is C21H35NO. The van der Waals surface area contributed by atoms with Crippen LogP contribution in [0.15, 0.2) is 0 Å². The van der Waals surface area contributed by atoms with Crippen LogP contribution >= 0.6 is 0 Å². The zero-order chi connectivity index (χ0) is 16.2. The fourth-order valence-electron chi connectivity index (χ4n) is 7.98. The maximum absolute atomic E-state index is 11.5. The molecule has 0 bridgehead atoms. The van der Waals surface area contributed by atoms with Crippen LogP contribution in [-0.2, 0) is 4.79 Å². The Morgan fingerprint density at radius 1 is 0.913 bits per heavy atom. The highest BCUT2D eigenvalue weighted by atomic mass is 16.1. The maximum atomic E-state index is 11.5. The molecule has 0 saturated heterocycles. The molecule has 0 aromatic carbocycles. The molecular weight excluding hydrogens is 282 g/mol. The zero-order valence-corrected chi connectivity index (χ0v) is 15.2. The molecule has 4 saturated carbocycles. The van der Waals surface area contributed by atoms with Gasteiger partial charge in [0.15, 0.2) is 0 Å². The predicted octanol–water partition coefficient (Wildman–Crippen LogP) is 4.91. The largest absolute Gasteiger partial charge is 0.370 e. The first-order valence-corrected chi connectivity index (χ1v) is 10.2. The number of carbonyl (C=O) groups excluding carboxylic acids is 1. The van der Waals surface area contributed by atoms with Crippen LogP contribution in [0, 0.1) is 40.4 Å². The molecule has 2 nitrogen and oxygen atoms in total. The summed E-state index contributed by atoms with van der Waals surface area (Å²) >= 11 is 0. The second-order valence-electron chi connectivity index (χ2n) is 9.89. The van der Waals surface area contributed by atoms with Crippen molar-refractivity contribution in [3.8, 4) is 0 Å². The Hall–Kier alpha value is -0.530. The summed E-state index contributed by atoms with van der Waals surface area (Å²) in [5, 5.41) is 0. The van der Waals surface area contributed by atoms with Crippen LogP contribution in [0.5, 0.6) is 0 Å². The number of primary amides is 1. The van der Waals surface area contributed by atoms with Crippen molar-refractivity contribution in [1.82, 2.24) is 0 Å². The van der Waals surface area contributed by atoms with Crippen molar-refractivity contribution >= 4 is 5.91 Å². The monoisotopic (exact) mass is 317 g/mol. The molecule has 2 heteroatoms. The van der Waals surface area contributed by atoms with Gasteiger partial charge in [-0.1, -0.05) is 26.7 Å². The minimum absolute atomic E-state index is 0.0815. The van der Waals surface area contributed by atoms with Gasteiger partial charge in [0.1, 0.15) is 0 Å². The van der Waals surface area contributed by atoms with E-state index in [4.69, 9.17) is 5.73 Å². The Morgan fingerprint density at radius 2 is 1.70 bits per heavy atom. The van der Waals surface area contributed by atoms with Crippen molar-refractivity contribution in [2.45, 2.75) is 84.5 Å². The first-order valence-electron chi connectivity index (χ1n) is 10.2. The molecule has 0 spiro atoms. The molecule has 0 aromatic heterocycles. The van der Waals surface area contributed by atoms with Crippen molar-refractivity contribution in [3.63, 3.8) is 0 Å². The molecule has 2 N–H and O–H groups in total. The number of fused-ring (bicyclic) bond motifs is 5. The Morgan fingerprint density at radius 3 is 2.48 bits per heavy atom. The minimum Gasteiger partial charge on any atom is -0.370 e. The lowest BCUT2D eigenvalue weighted by molar-refractivity contribution is -0.124. The van der Waals surface area contributed by atoms with Crippen LogP contribution in [0.4, 0.5) is 0 Å². The van der Waals surface area contributed by atoms with Gasteiger partial charge >= 0.3 is 0 Å². The molecule has 0 aliphatic heterocycles. The highest BCUT2D eigenvalue weighted by Crippen LogP contribution is 2.67. The Balaban J connectivity index is 1.59. The van der Waals surface area contributed by atoms with Gasteiger partial charge in [-0.2, -0.15) is 0 Å². The average Bonchev–Trinajstić information content (AvgIpc) is 2.83. The van der Waals surface area contributed by atoms with Crippen molar-refractivity contribution in [2.24, 2.45) is 46.2 Å². The summed E-state index contributed by atoms with van der Waals surface area (Å²) in [6.45, 7) is 5.15. The SMILES string of the molecule is C[C@]12CCCC[C@@H]1CC[C@@H]1[C@@H]2CC[C@]2(C)[C@@H](CC(N)=O)CC[C@@H]12. The molecule has 4 rings (SSSR count). The van der Waals surface area contributed by atoms with E-state index in [0.717, 1.165) is 23.7 Å². The van der Waals surface area contributed by atoms with Crippen LogP contribution in [0.1, 0.15) is 84.5 Å². The molecule has 0 radical (unpaired) electrons. The van der Waals surface area contributed by atoms with E-state index < -0.39 is 0 Å². The normalized spacial score (nSPS) is 52.3. The van der Waals surface area contributed by atoms with E-state index >= 15 is 0 Å². The predicted molar refractivity (Wildman–Crippen MR) is 93.6 cm³/mol. The molecule has 7 atom stereocenters. The molecule has 4 aliphatic carbocycles. The number of carbonyl (C=O) groups is 1. The van der Waals surface area contributed by atoms with Crippen molar-refractivity contribution in [1.29, 1.82) is 0 Å². The first kappa shape index (κ1) is 16.0. The average molecular weight is 318 g/mol. The van der Waals surface area contributed by atoms with Crippen molar-refractivity contribution < 1.29 is 4.79 Å². The molecule has 0 unspecified atom stereocenters. The van der Waals surface area contributed by atoms with Gasteiger partial charge in [0.05, 0.1) is 0 Å². The van der Waals surface area contributed by atoms with Crippen LogP contribution in [0.3, 0.4) is 0 Å². The van der Waals surface area contributed by atoms with Crippen molar-refractivity contribution in [2.75, 3.05) is 0 Å². The summed E-state index contributed by atoms with van der Waals surface area (Å²) in [6, 6.07) is 0. The van der Waals surface area contributed by atoms with E-state index in [1.54, 1.807) is 0 Å². The summed E-state index contributed by atoms with van der Waals surface area (Å²) in [5.41, 5.74) is 6.58. The summed E-state index contributed by atoms with van der Waals surface area (Å²) < 4.78 is 0. The van der Waals surface area contributed by atoms with E-state index in [0.29, 0.717) is 23.2 Å². The molecule has 130 valence electrons. The number of hydrogen-bond donors (Lipinski definition) is 1. The standard InChI is InChI=1S/C21H35NO/c1-20-11-4-3-5-14(20)6-8-16-17-9-7-15(13-19(22)23)21(17,2)12-10-18(16)20/h14-18H,3-13H2,1-2H3,(H2,22,23)/t14-,15-,16+,17+,18+,20+,21-/m1/s1. The lowest BCUT2D eigenvalue weighted by atomic mass is 9.45.